The third-order valence-electron chi connectivity index (χ3n) is 6.59. The number of nitrogens with one attached hydrogen (secondary N) is 1. The highest BCUT2D eigenvalue weighted by Crippen LogP contribution is 2.36. The molecule has 3 heterocycles. The first-order chi connectivity index (χ1) is 18.6. The Bertz CT molecular complexity index is 1590. The number of amides is 2. The highest BCUT2D eigenvalue weighted by atomic mass is 35.5. The fourth-order valence-electron chi connectivity index (χ4n) is 4.59. The van der Waals surface area contributed by atoms with E-state index in [1.165, 1.54) is 24.5 Å². The van der Waals surface area contributed by atoms with Crippen LogP contribution in [0.5, 0.6) is 5.75 Å². The summed E-state index contributed by atoms with van der Waals surface area (Å²) in [6.07, 6.45) is 3.03. The SMILES string of the molecule is C[S+]([O-])c1ccc(C[C@H](NC(=O)c2c(Cl)cc3c(c2O)CCN(C(=O)c2ccc4ccoc4c2)C3)C(=O)O)o1. The number of carboxylic acid groups (broad SMARTS) is 1. The first-order valence-corrected chi connectivity index (χ1v) is 13.8. The topological polar surface area (TPSA) is 156 Å². The van der Waals surface area contributed by atoms with Crippen molar-refractivity contribution in [2.45, 2.75) is 30.5 Å². The van der Waals surface area contributed by atoms with E-state index in [2.05, 4.69) is 5.32 Å². The maximum absolute atomic E-state index is 13.1. The molecule has 1 aliphatic rings. The summed E-state index contributed by atoms with van der Waals surface area (Å²) in [6.45, 7) is 0.451. The number of phenolic OH excluding ortho intramolecular Hbond substituents is 1. The number of carbonyl (C=O) groups is 3. The maximum atomic E-state index is 13.1. The molecule has 5 rings (SSSR count). The largest absolute Gasteiger partial charge is 0.609 e. The maximum Gasteiger partial charge on any atom is 0.326 e. The molecule has 0 spiro atoms. The summed E-state index contributed by atoms with van der Waals surface area (Å²) in [5.74, 6) is -2.54. The predicted molar refractivity (Wildman–Crippen MR) is 141 cm³/mol. The minimum Gasteiger partial charge on any atom is -0.609 e. The van der Waals surface area contributed by atoms with E-state index in [4.69, 9.17) is 20.4 Å². The normalized spacial score (nSPS) is 14.6. The van der Waals surface area contributed by atoms with Crippen LogP contribution in [0.1, 0.15) is 37.6 Å². The summed E-state index contributed by atoms with van der Waals surface area (Å²) in [4.78, 5) is 39.6. The van der Waals surface area contributed by atoms with Gasteiger partial charge in [-0.1, -0.05) is 17.7 Å². The lowest BCUT2D eigenvalue weighted by Gasteiger charge is -2.30. The summed E-state index contributed by atoms with van der Waals surface area (Å²) in [6, 6.07) is 10.1. The summed E-state index contributed by atoms with van der Waals surface area (Å²) in [7, 11) is 0. The van der Waals surface area contributed by atoms with E-state index in [1.807, 2.05) is 0 Å². The summed E-state index contributed by atoms with van der Waals surface area (Å²) < 4.78 is 22.3. The third kappa shape index (κ3) is 5.33. The van der Waals surface area contributed by atoms with Crippen molar-refractivity contribution in [2.75, 3.05) is 12.8 Å². The van der Waals surface area contributed by atoms with Gasteiger partial charge >= 0.3 is 11.1 Å². The highest BCUT2D eigenvalue weighted by Gasteiger charge is 2.31. The summed E-state index contributed by atoms with van der Waals surface area (Å²) in [5.41, 5.74) is 1.85. The van der Waals surface area contributed by atoms with Crippen LogP contribution in [0.2, 0.25) is 5.02 Å². The van der Waals surface area contributed by atoms with E-state index in [9.17, 15) is 29.1 Å². The first kappa shape index (κ1) is 26.7. The van der Waals surface area contributed by atoms with Crippen molar-refractivity contribution >= 4 is 51.5 Å². The molecule has 0 bridgehead atoms. The van der Waals surface area contributed by atoms with Crippen LogP contribution in [0.25, 0.3) is 11.0 Å². The molecule has 202 valence electrons. The van der Waals surface area contributed by atoms with Crippen molar-refractivity contribution < 1.29 is 38.0 Å². The molecule has 0 saturated carbocycles. The van der Waals surface area contributed by atoms with Crippen LogP contribution in [0.4, 0.5) is 0 Å². The number of aromatic hydroxyl groups is 1. The van der Waals surface area contributed by atoms with Gasteiger partial charge in [-0.2, -0.15) is 0 Å². The van der Waals surface area contributed by atoms with E-state index in [0.717, 1.165) is 5.39 Å². The zero-order valence-corrected chi connectivity index (χ0v) is 22.2. The van der Waals surface area contributed by atoms with Crippen molar-refractivity contribution in [1.82, 2.24) is 10.2 Å². The monoisotopic (exact) mass is 570 g/mol. The molecule has 2 amide bonds. The molecule has 2 aromatic heterocycles. The van der Waals surface area contributed by atoms with E-state index < -0.39 is 29.1 Å². The third-order valence-corrected chi connectivity index (χ3v) is 7.67. The molecule has 3 N–H and O–H groups in total. The van der Waals surface area contributed by atoms with E-state index >= 15 is 0 Å². The van der Waals surface area contributed by atoms with Crippen LogP contribution in [0, 0.1) is 0 Å². The molecule has 0 saturated heterocycles. The molecular weight excluding hydrogens is 548 g/mol. The Morgan fingerprint density at radius 2 is 2.00 bits per heavy atom. The van der Waals surface area contributed by atoms with Gasteiger partial charge in [0.2, 0.25) is 0 Å². The van der Waals surface area contributed by atoms with Gasteiger partial charge in [-0.15, -0.1) is 0 Å². The molecule has 1 unspecified atom stereocenters. The Kier molecular flexibility index (Phi) is 7.30. The lowest BCUT2D eigenvalue weighted by molar-refractivity contribution is -0.139. The summed E-state index contributed by atoms with van der Waals surface area (Å²) in [5, 5.41) is 24.0. The zero-order valence-electron chi connectivity index (χ0n) is 20.6. The first-order valence-electron chi connectivity index (χ1n) is 11.9. The van der Waals surface area contributed by atoms with Gasteiger partial charge in [-0.3, -0.25) is 9.59 Å². The predicted octanol–water partition coefficient (Wildman–Crippen LogP) is 3.75. The van der Waals surface area contributed by atoms with Crippen molar-refractivity contribution in [2.24, 2.45) is 0 Å². The van der Waals surface area contributed by atoms with Crippen LogP contribution in [0.15, 0.2) is 62.7 Å². The Labute approximate surface area is 230 Å². The molecule has 4 aromatic rings. The number of rotatable bonds is 7. The number of nitrogens with zero attached hydrogens (tertiary/aromatic N) is 1. The lowest BCUT2D eigenvalue weighted by Crippen LogP contribution is -2.42. The Hall–Kier alpha value is -3.93. The molecule has 10 nitrogen and oxygen atoms in total. The molecule has 1 aliphatic heterocycles. The second-order valence-corrected chi connectivity index (χ2v) is 10.8. The van der Waals surface area contributed by atoms with Gasteiger partial charge in [0.1, 0.15) is 29.4 Å². The molecule has 39 heavy (non-hydrogen) atoms. The number of phenols is 1. The van der Waals surface area contributed by atoms with Crippen molar-refractivity contribution in [1.29, 1.82) is 0 Å². The molecule has 0 radical (unpaired) electrons. The standard InChI is InChI=1S/C27H23ClN2O8S/c1-39(36)22-5-4-17(38-22)12-20(27(34)35)29-25(32)23-19(28)10-16-13-30(8-6-18(16)24(23)31)26(33)15-3-2-14-7-9-37-21(14)11-15/h2-5,7,9-11,20,31H,6,8,12-13H2,1H3,(H,29,32)(H,34,35)/t20-,39?/m0/s1. The Balaban J connectivity index is 1.33. The van der Waals surface area contributed by atoms with Gasteiger partial charge in [0.05, 0.1) is 16.8 Å². The van der Waals surface area contributed by atoms with E-state index in [-0.39, 0.29) is 59.0 Å². The minimum atomic E-state index is -1.40. The zero-order chi connectivity index (χ0) is 27.8. The highest BCUT2D eigenvalue weighted by molar-refractivity contribution is 7.90. The molecule has 0 aliphatic carbocycles. The number of aliphatic carboxylic acids is 1. The minimum absolute atomic E-state index is 0.0825. The van der Waals surface area contributed by atoms with Gasteiger partial charge in [0, 0.05) is 53.3 Å². The Morgan fingerprint density at radius 3 is 2.72 bits per heavy atom. The van der Waals surface area contributed by atoms with Crippen LogP contribution < -0.4 is 5.32 Å². The number of carboxylic acids is 1. The van der Waals surface area contributed by atoms with Gasteiger partial charge in [0.25, 0.3) is 11.8 Å². The van der Waals surface area contributed by atoms with Gasteiger partial charge in [-0.05, 0) is 42.3 Å². The fraction of sp³-hybridized carbons (Fsp3) is 0.222. The lowest BCUT2D eigenvalue weighted by atomic mass is 9.94. The van der Waals surface area contributed by atoms with Crippen LogP contribution in [0.3, 0.4) is 0 Å². The molecule has 2 atom stereocenters. The quantitative estimate of drug-likeness (QED) is 0.284. The van der Waals surface area contributed by atoms with Crippen molar-refractivity contribution in [3.8, 4) is 5.75 Å². The second-order valence-electron chi connectivity index (χ2n) is 9.11. The summed E-state index contributed by atoms with van der Waals surface area (Å²) >= 11 is 5.00. The number of hydrogen-bond acceptors (Lipinski definition) is 7. The van der Waals surface area contributed by atoms with E-state index in [0.29, 0.717) is 22.3 Å². The Morgan fingerprint density at radius 1 is 1.21 bits per heavy atom. The van der Waals surface area contributed by atoms with Crippen LogP contribution in [-0.2, 0) is 35.4 Å². The number of hydrogen-bond donors (Lipinski definition) is 3. The number of benzene rings is 2. The number of fused-ring (bicyclic) bond motifs is 2. The second kappa shape index (κ2) is 10.7. The van der Waals surface area contributed by atoms with Gasteiger partial charge in [-0.25, -0.2) is 4.79 Å². The molecule has 0 fully saturated rings. The van der Waals surface area contributed by atoms with E-state index in [1.54, 1.807) is 35.4 Å². The number of furan rings is 2. The van der Waals surface area contributed by atoms with Crippen molar-refractivity contribution in [3.63, 3.8) is 0 Å². The molecule has 2 aromatic carbocycles. The molecule has 12 heteroatoms. The van der Waals surface area contributed by atoms with Crippen LogP contribution in [-0.4, -0.2) is 56.3 Å². The van der Waals surface area contributed by atoms with Crippen LogP contribution >= 0.6 is 11.6 Å². The average Bonchev–Trinajstić information content (AvgIpc) is 3.56. The number of halogens is 1. The van der Waals surface area contributed by atoms with Gasteiger partial charge < -0.3 is 33.8 Å². The van der Waals surface area contributed by atoms with Crippen molar-refractivity contribution in [3.05, 3.63) is 81.8 Å². The average molecular weight is 571 g/mol. The smallest absolute Gasteiger partial charge is 0.326 e. The number of carbonyl (C=O) groups excluding carboxylic acids is 2. The fourth-order valence-corrected chi connectivity index (χ4v) is 5.38. The molecular formula is C27H23ClN2O8S. The van der Waals surface area contributed by atoms with Gasteiger partial charge in [0.15, 0.2) is 0 Å².